The quantitative estimate of drug-likeness (QED) is 0.0416. The molecule has 5 aromatic rings. The van der Waals surface area contributed by atoms with Crippen molar-refractivity contribution in [1.29, 1.82) is 21.6 Å². The van der Waals surface area contributed by atoms with Gasteiger partial charge in [0.1, 0.15) is 76.6 Å². The maximum Gasteiger partial charge on any atom is 0.308 e. The van der Waals surface area contributed by atoms with Crippen LogP contribution in [0.4, 0.5) is 10.1 Å². The molecule has 0 aliphatic carbocycles. The van der Waals surface area contributed by atoms with Crippen LogP contribution in [0.15, 0.2) is 121 Å². The summed E-state index contributed by atoms with van der Waals surface area (Å²) < 4.78 is 36.4. The molecule has 5 aromatic carbocycles. The first kappa shape index (κ1) is 70.1. The van der Waals surface area contributed by atoms with E-state index in [4.69, 9.17) is 69.3 Å². The molecule has 6 aliphatic heterocycles. The third-order valence-corrected chi connectivity index (χ3v) is 16.7. The number of hydrogen-bond acceptors (Lipinski definition) is 18. The van der Waals surface area contributed by atoms with Gasteiger partial charge in [0, 0.05) is 99.4 Å². The lowest BCUT2D eigenvalue weighted by Gasteiger charge is -2.36. The molecule has 21 N–H and O–H groups in total. The number of nitrogen functional groups attached to an aromatic ring is 4. The first-order valence-corrected chi connectivity index (χ1v) is 31.3. The molecule has 2 unspecified atom stereocenters. The molecule has 0 radical (unpaired) electrons. The summed E-state index contributed by atoms with van der Waals surface area (Å²) in [6, 6.07) is 32.4. The van der Waals surface area contributed by atoms with E-state index < -0.39 is 11.9 Å². The number of piperidine rings is 2. The summed E-state index contributed by atoms with van der Waals surface area (Å²) in [4.78, 5) is 63.4. The molecule has 11 rings (SSSR count). The number of carboxylic acids is 1. The molecule has 6 saturated heterocycles. The number of primary amides is 1. The number of nitrogens with zero attached hydrogens (tertiary/aromatic N) is 2. The molecular weight excluding hydrogens is 1210 g/mol. The van der Waals surface area contributed by atoms with Crippen LogP contribution in [0.1, 0.15) is 80.0 Å². The molecular formula is C66H85FN16O11. The maximum absolute atomic E-state index is 12.9. The Morgan fingerprint density at radius 2 is 0.926 bits per heavy atom. The van der Waals surface area contributed by atoms with Gasteiger partial charge in [-0.05, 0) is 105 Å². The van der Waals surface area contributed by atoms with E-state index in [1.807, 2.05) is 11.0 Å². The summed E-state index contributed by atoms with van der Waals surface area (Å²) >= 11 is 0. The van der Waals surface area contributed by atoms with Crippen molar-refractivity contribution in [3.05, 3.63) is 149 Å². The SMILES string of the molecule is N=C(N)c1cccc(O[C@H]2CN[C@H](C(=O)N3CCCC(C(=O)O)C3)C2)c1.N=C(N)c1cccc(O[C@H]2CN[C@H](C(=O)N3CCCCC3CO)C2)c1.N=C(N)c1cccc(O[C@H]2CN[C@H](C(=O)Nc3ccc(F)cc3)C2)c1.N=C(N)c1cccc(O[C@H]2CN[C@H](C(N)=O)C2)c1. The standard InChI is InChI=1S/C18H19FN4O2.C18H24N4O4.C18H26N4O3.C12H16N4O2/c19-12-4-6-13(7-5-12)23-18(24)16-9-15(10-22-16)25-14-3-1-2-11(8-14)17(20)21;19-16(20)11-3-1-5-13(7-11)26-14-8-15(21-9-14)17(23)22-6-2-4-12(10-22)18(24)25;19-17(20)12-4-3-6-14(8-12)25-15-9-16(21-10-15)18(24)22-7-2-1-5-13(22)11-23;13-11(14)7-2-1-3-8(4-7)18-9-5-10(12(15)17)16-6-9/h1-8,15-16,22H,9-10H2,(H3,20,21)(H,23,24);1,3,5,7,12,14-15,21H,2,4,6,8-10H2,(H3,19,20)(H,24,25);3-4,6,8,13,15-16,21,23H,1-2,5,7,9-11H2,(H3,19,20);1-4,9-10,16H,5-6H2,(H3,13,14)(H2,15,17)/t15-,16+;12?,14-,15+;13?,15-,16+;9-,10+/m1111/s1. The number of benzene rings is 5. The number of aliphatic carboxylic acids is 1. The average molecular weight is 1300 g/mol. The van der Waals surface area contributed by atoms with Crippen molar-refractivity contribution in [2.45, 2.75) is 112 Å². The van der Waals surface area contributed by atoms with Crippen LogP contribution in [0.3, 0.4) is 0 Å². The van der Waals surface area contributed by atoms with Crippen molar-refractivity contribution in [3.63, 3.8) is 0 Å². The molecule has 10 atom stereocenters. The van der Waals surface area contributed by atoms with Crippen LogP contribution >= 0.6 is 0 Å². The van der Waals surface area contributed by atoms with Crippen molar-refractivity contribution < 1.29 is 57.5 Å². The molecule has 502 valence electrons. The van der Waals surface area contributed by atoms with Gasteiger partial charge in [-0.15, -0.1) is 0 Å². The highest BCUT2D eigenvalue weighted by Crippen LogP contribution is 2.27. The Hall–Kier alpha value is -9.74. The summed E-state index contributed by atoms with van der Waals surface area (Å²) in [7, 11) is 0. The van der Waals surface area contributed by atoms with Crippen LogP contribution in [0.25, 0.3) is 0 Å². The maximum atomic E-state index is 12.9. The number of carboxylic acid groups (broad SMARTS) is 1. The van der Waals surface area contributed by atoms with Gasteiger partial charge < -0.3 is 94.2 Å². The highest BCUT2D eigenvalue weighted by atomic mass is 19.1. The van der Waals surface area contributed by atoms with Gasteiger partial charge in [0.25, 0.3) is 0 Å². The second-order valence-corrected chi connectivity index (χ2v) is 23.7. The lowest BCUT2D eigenvalue weighted by atomic mass is 9.97. The first-order chi connectivity index (χ1) is 45.1. The van der Waals surface area contributed by atoms with E-state index in [1.54, 1.807) is 95.9 Å². The van der Waals surface area contributed by atoms with Crippen LogP contribution in [0.5, 0.6) is 23.0 Å². The van der Waals surface area contributed by atoms with Crippen LogP contribution in [-0.4, -0.2) is 180 Å². The zero-order valence-corrected chi connectivity index (χ0v) is 52.1. The molecule has 94 heavy (non-hydrogen) atoms. The molecule has 0 saturated carbocycles. The Labute approximate surface area is 544 Å². The predicted molar refractivity (Wildman–Crippen MR) is 351 cm³/mol. The second-order valence-electron chi connectivity index (χ2n) is 23.7. The lowest BCUT2D eigenvalue weighted by molar-refractivity contribution is -0.146. The molecule has 0 bridgehead atoms. The van der Waals surface area contributed by atoms with E-state index in [1.165, 1.54) is 24.3 Å². The average Bonchev–Trinajstić information content (AvgIpc) is 2.80. The van der Waals surface area contributed by atoms with E-state index in [-0.39, 0.29) is 121 Å². The molecule has 28 heteroatoms. The highest BCUT2D eigenvalue weighted by Gasteiger charge is 2.39. The normalized spacial score (nSPS) is 23.6. The summed E-state index contributed by atoms with van der Waals surface area (Å²) in [5.74, 6) is 0.262. The van der Waals surface area contributed by atoms with Crippen LogP contribution in [0, 0.1) is 33.4 Å². The second kappa shape index (κ2) is 33.7. The number of nitrogens with one attached hydrogen (secondary N) is 9. The van der Waals surface area contributed by atoms with Crippen molar-refractivity contribution in [3.8, 4) is 23.0 Å². The number of anilines is 1. The number of likely N-dealkylation sites (tertiary alicyclic amines) is 2. The fourth-order valence-electron chi connectivity index (χ4n) is 11.7. The number of nitrogens with two attached hydrogens (primary N) is 5. The van der Waals surface area contributed by atoms with Gasteiger partial charge in [0.05, 0.1) is 42.7 Å². The number of rotatable bonds is 19. The Bertz CT molecular complexity index is 3490. The van der Waals surface area contributed by atoms with Gasteiger partial charge in [0.2, 0.25) is 23.6 Å². The Balaban J connectivity index is 0.000000162. The van der Waals surface area contributed by atoms with Crippen molar-refractivity contribution >= 4 is 58.6 Å². The fraction of sp³-hybridized carbons (Fsp3) is 0.409. The topological polar surface area (TPSA) is 455 Å². The summed E-state index contributed by atoms with van der Waals surface area (Å²) in [5.41, 5.74) is 30.1. The third-order valence-electron chi connectivity index (χ3n) is 16.7. The zero-order valence-electron chi connectivity index (χ0n) is 52.1. The number of ether oxygens (including phenoxy) is 4. The number of carbonyl (C=O) groups excluding carboxylic acids is 4. The number of hydrogen-bond donors (Lipinski definition) is 16. The largest absolute Gasteiger partial charge is 0.489 e. The molecule has 27 nitrogen and oxygen atoms in total. The minimum absolute atomic E-state index is 0.00000874. The summed E-state index contributed by atoms with van der Waals surface area (Å²) in [6.45, 7) is 3.87. The third kappa shape index (κ3) is 20.4. The Morgan fingerprint density at radius 3 is 1.33 bits per heavy atom. The van der Waals surface area contributed by atoms with Gasteiger partial charge >= 0.3 is 5.97 Å². The number of aliphatic hydroxyl groups excluding tert-OH is 1. The van der Waals surface area contributed by atoms with Gasteiger partial charge in [-0.25, -0.2) is 4.39 Å². The summed E-state index contributed by atoms with van der Waals surface area (Å²) in [6.07, 6.45) is 5.93. The van der Waals surface area contributed by atoms with Gasteiger partial charge in [-0.2, -0.15) is 0 Å². The monoisotopic (exact) mass is 1300 g/mol. The molecule has 6 heterocycles. The van der Waals surface area contributed by atoms with Crippen molar-refractivity contribution in [1.82, 2.24) is 31.1 Å². The van der Waals surface area contributed by atoms with Gasteiger partial charge in [0.15, 0.2) is 0 Å². The molecule has 4 amide bonds. The Kier molecular flexibility index (Phi) is 25.2. The lowest BCUT2D eigenvalue weighted by Crippen LogP contribution is -2.51. The first-order valence-electron chi connectivity index (χ1n) is 31.3. The van der Waals surface area contributed by atoms with Crippen molar-refractivity contribution in [2.75, 3.05) is 57.7 Å². The number of amides is 4. The number of aliphatic hydroxyl groups is 1. The number of carbonyl (C=O) groups is 5. The van der Waals surface area contributed by atoms with Crippen molar-refractivity contribution in [2.24, 2.45) is 34.6 Å². The number of halogens is 1. The molecule has 6 fully saturated rings. The highest BCUT2D eigenvalue weighted by molar-refractivity contribution is 5.97. The van der Waals surface area contributed by atoms with E-state index in [2.05, 4.69) is 26.6 Å². The predicted octanol–water partition coefficient (Wildman–Crippen LogP) is 2.28. The Morgan fingerprint density at radius 1 is 0.521 bits per heavy atom. The summed E-state index contributed by atoms with van der Waals surface area (Å²) in [5, 5.41) is 63.7. The minimum atomic E-state index is -0.839. The van der Waals surface area contributed by atoms with Crippen LogP contribution in [0.2, 0.25) is 0 Å². The molecule has 0 aromatic heterocycles. The zero-order chi connectivity index (χ0) is 67.4. The fourth-order valence-corrected chi connectivity index (χ4v) is 11.7. The smallest absolute Gasteiger partial charge is 0.308 e. The van der Waals surface area contributed by atoms with Gasteiger partial charge in [-0.1, -0.05) is 48.5 Å². The minimum Gasteiger partial charge on any atom is -0.489 e. The molecule has 6 aliphatic rings. The van der Waals surface area contributed by atoms with E-state index in [0.29, 0.717) is 129 Å². The number of amidine groups is 4. The molecule has 0 spiro atoms. The van der Waals surface area contributed by atoms with Gasteiger partial charge in [-0.3, -0.25) is 45.6 Å². The van der Waals surface area contributed by atoms with E-state index in [0.717, 1.165) is 19.3 Å². The van der Waals surface area contributed by atoms with E-state index >= 15 is 0 Å². The van der Waals surface area contributed by atoms with Crippen LogP contribution in [-0.2, 0) is 24.0 Å². The van der Waals surface area contributed by atoms with Crippen LogP contribution < -0.4 is 74.2 Å². The van der Waals surface area contributed by atoms with E-state index in [9.17, 15) is 38.6 Å².